The molecule has 0 aromatic heterocycles. The van der Waals surface area contributed by atoms with Crippen LogP contribution in [0.1, 0.15) is 90.8 Å². The topological polar surface area (TPSA) is 221 Å². The lowest BCUT2D eigenvalue weighted by atomic mass is 9.85. The Bertz CT molecular complexity index is 1820. The molecule has 6 amide bonds. The van der Waals surface area contributed by atoms with Crippen molar-refractivity contribution in [3.05, 3.63) is 71.3 Å². The second-order valence-electron chi connectivity index (χ2n) is 17.1. The van der Waals surface area contributed by atoms with Gasteiger partial charge in [0.15, 0.2) is 0 Å². The van der Waals surface area contributed by atoms with Crippen LogP contribution in [0.3, 0.4) is 0 Å². The maximum absolute atomic E-state index is 14.4. The zero-order valence-corrected chi connectivity index (χ0v) is 37.4. The predicted octanol–water partition coefficient (Wildman–Crippen LogP) is 3.34. The van der Waals surface area contributed by atoms with Crippen LogP contribution in [-0.4, -0.2) is 102 Å². The highest BCUT2D eigenvalue weighted by Crippen LogP contribution is 2.23. The van der Waals surface area contributed by atoms with E-state index in [0.717, 1.165) is 11.1 Å². The van der Waals surface area contributed by atoms with Gasteiger partial charge >= 0.3 is 6.18 Å². The Morgan fingerprint density at radius 3 is 1.76 bits per heavy atom. The van der Waals surface area contributed by atoms with Gasteiger partial charge in [0.2, 0.25) is 35.4 Å². The van der Waals surface area contributed by atoms with Crippen molar-refractivity contribution in [3.63, 3.8) is 0 Å². The lowest BCUT2D eigenvalue weighted by molar-refractivity contribution is -0.147. The maximum atomic E-state index is 14.4. The molecule has 15 nitrogen and oxygen atoms in total. The quantitative estimate of drug-likeness (QED) is 0.0726. The van der Waals surface area contributed by atoms with Crippen LogP contribution >= 0.6 is 0 Å². The van der Waals surface area contributed by atoms with Crippen LogP contribution in [0, 0.1) is 24.2 Å². The molecule has 0 heterocycles. The number of carbonyl (C=O) groups is 7. The molecule has 0 saturated heterocycles. The molecule has 1 unspecified atom stereocenters. The first kappa shape index (κ1) is 53.8. The van der Waals surface area contributed by atoms with E-state index >= 15 is 0 Å². The zero-order chi connectivity index (χ0) is 47.5. The number of aldehydes is 1. The Morgan fingerprint density at radius 2 is 1.22 bits per heavy atom. The fourth-order valence-electron chi connectivity index (χ4n) is 6.55. The van der Waals surface area contributed by atoms with Crippen molar-refractivity contribution in [1.29, 1.82) is 0 Å². The Morgan fingerprint density at radius 1 is 0.698 bits per heavy atom. The summed E-state index contributed by atoms with van der Waals surface area (Å²) in [4.78, 5) is 93.7. The lowest BCUT2D eigenvalue weighted by Gasteiger charge is -2.34. The number of aliphatic hydroxyl groups excluding tert-OH is 1. The SMILES string of the molecule is CCC(CC)C(=O)N[C@@H](CO)C(=O)N[C@H](COCc1ccccc1)C(=O)N[C@@H](Cc1ccccc1C)C(=O)N[C@H](C(=O)N[C@@H](CC(C)C)C(=O)NC(C=O)CC(F)(F)F)C(C)(C)C. The molecular weight excluding hydrogens is 826 g/mol. The number of rotatable bonds is 25. The van der Waals surface area contributed by atoms with Crippen LogP contribution < -0.4 is 31.9 Å². The highest BCUT2D eigenvalue weighted by Gasteiger charge is 2.39. The number of hydrogen-bond donors (Lipinski definition) is 7. The summed E-state index contributed by atoms with van der Waals surface area (Å²) in [5.41, 5.74) is 1.14. The van der Waals surface area contributed by atoms with Gasteiger partial charge in [-0.1, -0.05) is 103 Å². The van der Waals surface area contributed by atoms with Gasteiger partial charge in [0, 0.05) is 12.3 Å². The number of hydrogen-bond acceptors (Lipinski definition) is 9. The number of aryl methyl sites for hydroxylation is 1. The summed E-state index contributed by atoms with van der Waals surface area (Å²) >= 11 is 0. The molecule has 0 aliphatic carbocycles. The summed E-state index contributed by atoms with van der Waals surface area (Å²) in [7, 11) is 0. The molecule has 18 heteroatoms. The fourth-order valence-corrected chi connectivity index (χ4v) is 6.55. The zero-order valence-electron chi connectivity index (χ0n) is 37.4. The average Bonchev–Trinajstić information content (AvgIpc) is 3.20. The Kier molecular flexibility index (Phi) is 21.9. The highest BCUT2D eigenvalue weighted by molar-refractivity contribution is 5.97. The largest absolute Gasteiger partial charge is 0.394 e. The Balaban J connectivity index is 2.49. The molecule has 7 N–H and O–H groups in total. The van der Waals surface area contributed by atoms with Crippen molar-refractivity contribution in [1.82, 2.24) is 31.9 Å². The first-order valence-corrected chi connectivity index (χ1v) is 21.1. The van der Waals surface area contributed by atoms with Crippen LogP contribution in [0.2, 0.25) is 0 Å². The van der Waals surface area contributed by atoms with Gasteiger partial charge in [-0.15, -0.1) is 0 Å². The van der Waals surface area contributed by atoms with E-state index in [9.17, 15) is 51.8 Å². The molecule has 0 spiro atoms. The summed E-state index contributed by atoms with van der Waals surface area (Å²) in [6, 6.07) is 7.10. The molecular formula is C45H65F3N6O9. The van der Waals surface area contributed by atoms with Crippen molar-refractivity contribution in [2.45, 2.75) is 137 Å². The van der Waals surface area contributed by atoms with E-state index in [1.165, 1.54) is 0 Å². The molecule has 0 aliphatic rings. The number of ether oxygens (including phenoxy) is 1. The van der Waals surface area contributed by atoms with Crippen molar-refractivity contribution in [2.24, 2.45) is 17.3 Å². The van der Waals surface area contributed by atoms with E-state index in [1.54, 1.807) is 90.1 Å². The second kappa shape index (κ2) is 25.7. The van der Waals surface area contributed by atoms with Gasteiger partial charge in [-0.05, 0) is 54.2 Å². The molecule has 63 heavy (non-hydrogen) atoms. The monoisotopic (exact) mass is 890 g/mol. The molecule has 350 valence electrons. The van der Waals surface area contributed by atoms with Crippen molar-refractivity contribution < 1.29 is 56.6 Å². The smallest absolute Gasteiger partial charge is 0.391 e. The van der Waals surface area contributed by atoms with E-state index in [4.69, 9.17) is 4.74 Å². The minimum atomic E-state index is -4.76. The standard InChI is InChI=1S/C45H65F3N6O9/c1-9-30(10-2)38(57)52-35(24-56)41(60)53-36(26-63-25-29-17-12-11-13-18-29)42(61)50-34(21-31-19-15-14-16-28(31)5)40(59)54-37(44(6,7)8)43(62)51-33(20-27(3)4)39(58)49-32(23-55)22-45(46,47)48/h11-19,23,27,30,32-37,56H,9-10,20-22,24-26H2,1-8H3,(H,49,58)(H,50,61)(H,51,62)(H,52,57)(H,53,60)(H,54,59)/t32?,33-,34-,35-,36+,37+/m0/s1. The summed E-state index contributed by atoms with van der Waals surface area (Å²) in [5, 5.41) is 25.2. The van der Waals surface area contributed by atoms with Crippen LogP contribution in [0.4, 0.5) is 13.2 Å². The van der Waals surface area contributed by atoms with Gasteiger partial charge in [-0.25, -0.2) is 0 Å². The molecule has 2 rings (SSSR count). The Hall–Kier alpha value is -5.36. The molecule has 0 fully saturated rings. The van der Waals surface area contributed by atoms with Gasteiger partial charge < -0.3 is 46.5 Å². The molecule has 2 aromatic carbocycles. The first-order chi connectivity index (χ1) is 29.5. The van der Waals surface area contributed by atoms with Crippen LogP contribution in [-0.2, 0) is 51.3 Å². The van der Waals surface area contributed by atoms with Crippen LogP contribution in [0.5, 0.6) is 0 Å². The number of nitrogens with one attached hydrogen (secondary N) is 6. The Labute approximate surface area is 367 Å². The first-order valence-electron chi connectivity index (χ1n) is 21.1. The van der Waals surface area contributed by atoms with Crippen molar-refractivity contribution in [3.8, 4) is 0 Å². The summed E-state index contributed by atoms with van der Waals surface area (Å²) in [5.74, 6) is -5.59. The predicted molar refractivity (Wildman–Crippen MR) is 229 cm³/mol. The normalized spacial score (nSPS) is 14.6. The van der Waals surface area contributed by atoms with Gasteiger partial charge in [-0.2, -0.15) is 13.2 Å². The fraction of sp³-hybridized carbons (Fsp3) is 0.578. The third-order valence-corrected chi connectivity index (χ3v) is 10.2. The molecule has 6 atom stereocenters. The second-order valence-corrected chi connectivity index (χ2v) is 17.1. The number of amides is 6. The molecule has 2 aromatic rings. The number of benzene rings is 2. The van der Waals surface area contributed by atoms with Gasteiger partial charge in [0.25, 0.3) is 0 Å². The molecule has 0 bridgehead atoms. The van der Waals surface area contributed by atoms with E-state index < -0.39 is 109 Å². The van der Waals surface area contributed by atoms with E-state index in [1.807, 2.05) is 19.9 Å². The van der Waals surface area contributed by atoms with E-state index in [2.05, 4.69) is 31.9 Å². The third-order valence-electron chi connectivity index (χ3n) is 10.2. The number of carbonyl (C=O) groups excluding carboxylic acids is 7. The van der Waals surface area contributed by atoms with Crippen LogP contribution in [0.15, 0.2) is 54.6 Å². The van der Waals surface area contributed by atoms with Gasteiger partial charge in [0.05, 0.1) is 32.3 Å². The van der Waals surface area contributed by atoms with E-state index in [-0.39, 0.29) is 31.7 Å². The summed E-state index contributed by atoms with van der Waals surface area (Å²) in [6.07, 6.45) is -5.54. The minimum absolute atomic E-state index is 0.0238. The summed E-state index contributed by atoms with van der Waals surface area (Å²) < 4.78 is 45.1. The van der Waals surface area contributed by atoms with E-state index in [0.29, 0.717) is 18.4 Å². The molecule has 0 saturated carbocycles. The maximum Gasteiger partial charge on any atom is 0.391 e. The third kappa shape index (κ3) is 18.9. The summed E-state index contributed by atoms with van der Waals surface area (Å²) in [6.45, 7) is 12.6. The lowest BCUT2D eigenvalue weighted by Crippen LogP contribution is -2.62. The van der Waals surface area contributed by atoms with Crippen molar-refractivity contribution in [2.75, 3.05) is 13.2 Å². The van der Waals surface area contributed by atoms with Gasteiger partial charge in [-0.3, -0.25) is 28.8 Å². The molecule has 0 aliphatic heterocycles. The number of aliphatic hydroxyl groups is 1. The van der Waals surface area contributed by atoms with Gasteiger partial charge in [0.1, 0.15) is 36.5 Å². The number of alkyl halides is 3. The van der Waals surface area contributed by atoms with Crippen LogP contribution in [0.25, 0.3) is 0 Å². The average molecular weight is 891 g/mol. The van der Waals surface area contributed by atoms with Crippen molar-refractivity contribution >= 4 is 41.7 Å². The minimum Gasteiger partial charge on any atom is -0.394 e. The number of halogens is 3. The molecule has 0 radical (unpaired) electrons. The highest BCUT2D eigenvalue weighted by atomic mass is 19.4.